The normalized spacial score (nSPS) is 19.7. The zero-order valence-electron chi connectivity index (χ0n) is 15.6. The molecule has 0 unspecified atom stereocenters. The molecule has 1 aromatic rings. The highest BCUT2D eigenvalue weighted by molar-refractivity contribution is 6.10. The summed E-state index contributed by atoms with van der Waals surface area (Å²) in [4.78, 5) is 49.1. The van der Waals surface area contributed by atoms with Crippen LogP contribution >= 0.6 is 0 Å². The largest absolute Gasteiger partial charge is 0.325 e. The van der Waals surface area contributed by atoms with Gasteiger partial charge < -0.3 is 10.6 Å². The minimum atomic E-state index is -0.967. The van der Waals surface area contributed by atoms with E-state index in [0.717, 1.165) is 11.3 Å². The number of anilines is 1. The zero-order chi connectivity index (χ0) is 19.5. The van der Waals surface area contributed by atoms with E-state index in [-0.39, 0.29) is 18.2 Å². The number of imide groups is 1. The minimum absolute atomic E-state index is 0.0668. The average molecular weight is 359 g/mol. The number of Topliss-reactive ketones (excluding diaryl/α,β-unsaturated/α-hetero) is 1. The predicted molar refractivity (Wildman–Crippen MR) is 97.8 cm³/mol. The summed E-state index contributed by atoms with van der Waals surface area (Å²) in [6, 6.07) is 5.87. The van der Waals surface area contributed by atoms with E-state index >= 15 is 0 Å². The SMILES string of the molecule is CC(=O)c1ccc(NC(=O)CN2C(=O)N[C@@](C)(CCC(C)C)C2=O)cc1. The Kier molecular flexibility index (Phi) is 5.79. The third-order valence-electron chi connectivity index (χ3n) is 4.44. The highest BCUT2D eigenvalue weighted by Gasteiger charge is 2.47. The number of urea groups is 1. The lowest BCUT2D eigenvalue weighted by atomic mass is 9.92. The summed E-state index contributed by atoms with van der Waals surface area (Å²) in [5, 5.41) is 5.32. The second kappa shape index (κ2) is 7.68. The van der Waals surface area contributed by atoms with Gasteiger partial charge in [0.25, 0.3) is 5.91 Å². The van der Waals surface area contributed by atoms with Gasteiger partial charge in [0, 0.05) is 11.3 Å². The van der Waals surface area contributed by atoms with Crippen LogP contribution in [-0.2, 0) is 9.59 Å². The maximum absolute atomic E-state index is 12.6. The number of ketones is 1. The molecule has 1 aromatic carbocycles. The summed E-state index contributed by atoms with van der Waals surface area (Å²) < 4.78 is 0. The Morgan fingerprint density at radius 3 is 2.35 bits per heavy atom. The van der Waals surface area contributed by atoms with Gasteiger partial charge in [0.2, 0.25) is 5.91 Å². The Morgan fingerprint density at radius 2 is 1.81 bits per heavy atom. The maximum atomic E-state index is 12.6. The van der Waals surface area contributed by atoms with Crippen molar-refractivity contribution in [1.82, 2.24) is 10.2 Å². The van der Waals surface area contributed by atoms with E-state index in [0.29, 0.717) is 23.6 Å². The number of benzene rings is 1. The monoisotopic (exact) mass is 359 g/mol. The standard InChI is InChI=1S/C19H25N3O4/c1-12(2)9-10-19(4)17(25)22(18(26)21-19)11-16(24)20-15-7-5-14(6-8-15)13(3)23/h5-8,12H,9-11H2,1-4H3,(H,20,24)(H,21,26)/t19-/m0/s1. The van der Waals surface area contributed by atoms with Crippen molar-refractivity contribution in [3.63, 3.8) is 0 Å². The third kappa shape index (κ3) is 4.47. The first-order chi connectivity index (χ1) is 12.1. The van der Waals surface area contributed by atoms with Crippen LogP contribution in [0.1, 0.15) is 50.9 Å². The van der Waals surface area contributed by atoms with Crippen LogP contribution in [0, 0.1) is 5.92 Å². The molecule has 1 aliphatic rings. The molecule has 0 aliphatic carbocycles. The molecule has 1 aliphatic heterocycles. The first-order valence-electron chi connectivity index (χ1n) is 8.67. The molecule has 0 radical (unpaired) electrons. The Labute approximate surface area is 153 Å². The maximum Gasteiger partial charge on any atom is 0.325 e. The molecule has 7 heteroatoms. The molecule has 0 saturated carbocycles. The van der Waals surface area contributed by atoms with Crippen molar-refractivity contribution in [2.75, 3.05) is 11.9 Å². The van der Waals surface area contributed by atoms with Gasteiger partial charge in [-0.1, -0.05) is 13.8 Å². The summed E-state index contributed by atoms with van der Waals surface area (Å²) in [5.41, 5.74) is 0.0674. The van der Waals surface area contributed by atoms with Crippen LogP contribution in [0.2, 0.25) is 0 Å². The highest BCUT2D eigenvalue weighted by Crippen LogP contribution is 2.24. The Hall–Kier alpha value is -2.70. The Morgan fingerprint density at radius 1 is 1.19 bits per heavy atom. The third-order valence-corrected chi connectivity index (χ3v) is 4.44. The van der Waals surface area contributed by atoms with Crippen LogP contribution in [0.3, 0.4) is 0 Å². The first-order valence-corrected chi connectivity index (χ1v) is 8.67. The first kappa shape index (κ1) is 19.6. The topological polar surface area (TPSA) is 95.6 Å². The fourth-order valence-corrected chi connectivity index (χ4v) is 2.77. The molecule has 0 aromatic heterocycles. The van der Waals surface area contributed by atoms with Gasteiger partial charge in [-0.3, -0.25) is 19.3 Å². The van der Waals surface area contributed by atoms with Gasteiger partial charge in [-0.2, -0.15) is 0 Å². The van der Waals surface area contributed by atoms with Gasteiger partial charge in [0.1, 0.15) is 12.1 Å². The summed E-state index contributed by atoms with van der Waals surface area (Å²) in [6.07, 6.45) is 1.32. The van der Waals surface area contributed by atoms with E-state index in [2.05, 4.69) is 10.6 Å². The van der Waals surface area contributed by atoms with Gasteiger partial charge in [-0.25, -0.2) is 4.79 Å². The number of nitrogens with zero attached hydrogens (tertiary/aromatic N) is 1. The Bertz CT molecular complexity index is 727. The molecule has 1 heterocycles. The number of amides is 4. The van der Waals surface area contributed by atoms with Gasteiger partial charge in [0.05, 0.1) is 0 Å². The number of carbonyl (C=O) groups is 4. The zero-order valence-corrected chi connectivity index (χ0v) is 15.6. The van der Waals surface area contributed by atoms with Crippen LogP contribution in [-0.4, -0.2) is 40.6 Å². The molecule has 4 amide bonds. The van der Waals surface area contributed by atoms with Crippen LogP contribution < -0.4 is 10.6 Å². The van der Waals surface area contributed by atoms with Crippen molar-refractivity contribution in [3.05, 3.63) is 29.8 Å². The Balaban J connectivity index is 1.98. The van der Waals surface area contributed by atoms with E-state index < -0.39 is 17.5 Å². The van der Waals surface area contributed by atoms with E-state index in [9.17, 15) is 19.2 Å². The van der Waals surface area contributed by atoms with E-state index in [1.54, 1.807) is 31.2 Å². The van der Waals surface area contributed by atoms with Crippen LogP contribution in [0.4, 0.5) is 10.5 Å². The molecule has 0 bridgehead atoms. The lowest BCUT2D eigenvalue weighted by Crippen LogP contribution is -2.44. The molecule has 140 valence electrons. The van der Waals surface area contributed by atoms with Gasteiger partial charge in [-0.05, 0) is 56.9 Å². The quantitative estimate of drug-likeness (QED) is 0.578. The molecule has 1 atom stereocenters. The van der Waals surface area contributed by atoms with Crippen molar-refractivity contribution in [2.24, 2.45) is 5.92 Å². The van der Waals surface area contributed by atoms with Crippen molar-refractivity contribution in [1.29, 1.82) is 0 Å². The van der Waals surface area contributed by atoms with Gasteiger partial charge in [-0.15, -0.1) is 0 Å². The second-order valence-electron chi connectivity index (χ2n) is 7.27. The van der Waals surface area contributed by atoms with Crippen LogP contribution in [0.15, 0.2) is 24.3 Å². The molecule has 26 heavy (non-hydrogen) atoms. The number of nitrogens with one attached hydrogen (secondary N) is 2. The smallest absolute Gasteiger partial charge is 0.325 e. The highest BCUT2D eigenvalue weighted by atomic mass is 16.2. The van der Waals surface area contributed by atoms with E-state index in [1.807, 2.05) is 13.8 Å². The summed E-state index contributed by atoms with van der Waals surface area (Å²) >= 11 is 0. The molecular weight excluding hydrogens is 334 g/mol. The number of hydrogen-bond acceptors (Lipinski definition) is 4. The summed E-state index contributed by atoms with van der Waals surface area (Å²) in [6.45, 7) is 6.90. The summed E-state index contributed by atoms with van der Waals surface area (Å²) in [7, 11) is 0. The summed E-state index contributed by atoms with van der Waals surface area (Å²) in [5.74, 6) is -0.517. The van der Waals surface area contributed by atoms with Crippen LogP contribution in [0.25, 0.3) is 0 Å². The van der Waals surface area contributed by atoms with Gasteiger partial charge in [0.15, 0.2) is 5.78 Å². The molecule has 1 fully saturated rings. The minimum Gasteiger partial charge on any atom is -0.325 e. The number of rotatable bonds is 7. The predicted octanol–water partition coefficient (Wildman–Crippen LogP) is 2.57. The van der Waals surface area contributed by atoms with E-state index in [1.165, 1.54) is 6.92 Å². The molecule has 0 spiro atoms. The van der Waals surface area contributed by atoms with Crippen molar-refractivity contribution < 1.29 is 19.2 Å². The number of carbonyl (C=O) groups excluding carboxylic acids is 4. The molecule has 7 nitrogen and oxygen atoms in total. The average Bonchev–Trinajstić information content (AvgIpc) is 2.77. The van der Waals surface area contributed by atoms with Crippen molar-refractivity contribution in [3.8, 4) is 0 Å². The molecule has 2 rings (SSSR count). The fourth-order valence-electron chi connectivity index (χ4n) is 2.77. The molecule has 2 N–H and O–H groups in total. The molecule has 1 saturated heterocycles. The number of hydrogen-bond donors (Lipinski definition) is 2. The lowest BCUT2D eigenvalue weighted by Gasteiger charge is -2.22. The van der Waals surface area contributed by atoms with Crippen molar-refractivity contribution in [2.45, 2.75) is 46.1 Å². The van der Waals surface area contributed by atoms with Gasteiger partial charge >= 0.3 is 6.03 Å². The molecular formula is C19H25N3O4. The second-order valence-corrected chi connectivity index (χ2v) is 7.27. The lowest BCUT2D eigenvalue weighted by molar-refractivity contribution is -0.133. The van der Waals surface area contributed by atoms with Crippen LogP contribution in [0.5, 0.6) is 0 Å². The van der Waals surface area contributed by atoms with E-state index in [4.69, 9.17) is 0 Å². The van der Waals surface area contributed by atoms with Crippen molar-refractivity contribution >= 4 is 29.3 Å². The fraction of sp³-hybridized carbons (Fsp3) is 0.474.